The highest BCUT2D eigenvalue weighted by Crippen LogP contribution is 2.14. The van der Waals surface area contributed by atoms with Crippen molar-refractivity contribution >= 4 is 17.5 Å². The van der Waals surface area contributed by atoms with Gasteiger partial charge in [-0.15, -0.1) is 0 Å². The lowest BCUT2D eigenvalue weighted by Crippen LogP contribution is -2.20. The van der Waals surface area contributed by atoms with Gasteiger partial charge in [-0.25, -0.2) is 9.78 Å². The SMILES string of the molecule is Cc1cnc(NC(N)=O)c(N)c1. The number of rotatable bonds is 1. The number of pyridine rings is 1. The van der Waals surface area contributed by atoms with E-state index in [0.717, 1.165) is 5.56 Å². The molecular formula is C7H10N4O. The highest BCUT2D eigenvalue weighted by atomic mass is 16.2. The third kappa shape index (κ3) is 1.85. The lowest BCUT2D eigenvalue weighted by atomic mass is 10.3. The summed E-state index contributed by atoms with van der Waals surface area (Å²) in [5, 5.41) is 2.30. The van der Waals surface area contributed by atoms with Crippen LogP contribution in [0, 0.1) is 6.92 Å². The molecule has 1 rings (SSSR count). The van der Waals surface area contributed by atoms with E-state index in [1.165, 1.54) is 0 Å². The number of amides is 2. The quantitative estimate of drug-likeness (QED) is 0.565. The molecule has 64 valence electrons. The average Bonchev–Trinajstić information content (AvgIpc) is 1.94. The Kier molecular flexibility index (Phi) is 2.14. The molecule has 0 saturated heterocycles. The first-order valence-corrected chi connectivity index (χ1v) is 3.38. The van der Waals surface area contributed by atoms with Gasteiger partial charge in [0.05, 0.1) is 5.69 Å². The van der Waals surface area contributed by atoms with Crippen LogP contribution in [0.1, 0.15) is 5.56 Å². The van der Waals surface area contributed by atoms with Crippen LogP contribution in [-0.2, 0) is 0 Å². The molecule has 0 aliphatic carbocycles. The molecule has 2 amide bonds. The van der Waals surface area contributed by atoms with Crippen LogP contribution in [0.5, 0.6) is 0 Å². The zero-order valence-electron chi connectivity index (χ0n) is 6.66. The fraction of sp³-hybridized carbons (Fsp3) is 0.143. The molecule has 1 heterocycles. The molecule has 0 aliphatic rings. The maximum atomic E-state index is 10.4. The minimum atomic E-state index is -0.668. The summed E-state index contributed by atoms with van der Waals surface area (Å²) >= 11 is 0. The van der Waals surface area contributed by atoms with Gasteiger partial charge >= 0.3 is 6.03 Å². The summed E-state index contributed by atoms with van der Waals surface area (Å²) in [4.78, 5) is 14.3. The highest BCUT2D eigenvalue weighted by Gasteiger charge is 2.01. The van der Waals surface area contributed by atoms with Crippen LogP contribution < -0.4 is 16.8 Å². The normalized spacial score (nSPS) is 9.42. The van der Waals surface area contributed by atoms with Crippen LogP contribution in [-0.4, -0.2) is 11.0 Å². The van der Waals surface area contributed by atoms with Gasteiger partial charge in [-0.2, -0.15) is 0 Å². The van der Waals surface area contributed by atoms with Gasteiger partial charge in [0.25, 0.3) is 0 Å². The molecule has 1 aromatic rings. The van der Waals surface area contributed by atoms with Gasteiger partial charge < -0.3 is 11.5 Å². The summed E-state index contributed by atoms with van der Waals surface area (Å²) in [6.07, 6.45) is 1.60. The second-order valence-electron chi connectivity index (χ2n) is 2.44. The van der Waals surface area contributed by atoms with Gasteiger partial charge in [-0.1, -0.05) is 0 Å². The Morgan fingerprint density at radius 3 is 2.83 bits per heavy atom. The lowest BCUT2D eigenvalue weighted by molar-refractivity contribution is 0.259. The third-order valence-corrected chi connectivity index (χ3v) is 1.30. The predicted molar refractivity (Wildman–Crippen MR) is 46.6 cm³/mol. The average molecular weight is 166 g/mol. The van der Waals surface area contributed by atoms with Crippen molar-refractivity contribution in [2.75, 3.05) is 11.1 Å². The topological polar surface area (TPSA) is 94.0 Å². The number of urea groups is 1. The molecule has 0 spiro atoms. The molecular weight excluding hydrogens is 156 g/mol. The number of aryl methyl sites for hydroxylation is 1. The maximum Gasteiger partial charge on any atom is 0.317 e. The summed E-state index contributed by atoms with van der Waals surface area (Å²) in [6.45, 7) is 1.86. The third-order valence-electron chi connectivity index (χ3n) is 1.30. The number of anilines is 2. The molecule has 0 atom stereocenters. The summed E-state index contributed by atoms with van der Waals surface area (Å²) in [5.41, 5.74) is 11.8. The molecule has 5 heteroatoms. The van der Waals surface area contributed by atoms with E-state index in [1.54, 1.807) is 12.3 Å². The largest absolute Gasteiger partial charge is 0.396 e. The van der Waals surface area contributed by atoms with Gasteiger partial charge in [0, 0.05) is 6.20 Å². The second kappa shape index (κ2) is 3.08. The number of hydrogen-bond acceptors (Lipinski definition) is 3. The fourth-order valence-electron chi connectivity index (χ4n) is 0.813. The zero-order chi connectivity index (χ0) is 9.14. The number of nitrogen functional groups attached to an aromatic ring is 1. The molecule has 0 aromatic carbocycles. The molecule has 0 unspecified atom stereocenters. The van der Waals surface area contributed by atoms with Gasteiger partial charge in [0.1, 0.15) is 0 Å². The first kappa shape index (κ1) is 8.32. The van der Waals surface area contributed by atoms with Crippen molar-refractivity contribution in [3.63, 3.8) is 0 Å². The number of primary amides is 1. The minimum absolute atomic E-state index is 0.299. The molecule has 0 saturated carbocycles. The van der Waals surface area contributed by atoms with Crippen molar-refractivity contribution in [3.05, 3.63) is 17.8 Å². The first-order chi connectivity index (χ1) is 5.59. The van der Waals surface area contributed by atoms with Crippen molar-refractivity contribution in [1.29, 1.82) is 0 Å². The van der Waals surface area contributed by atoms with E-state index in [4.69, 9.17) is 11.5 Å². The van der Waals surface area contributed by atoms with Crippen LogP contribution in [0.3, 0.4) is 0 Å². The Hall–Kier alpha value is -1.78. The Labute approximate surface area is 69.8 Å². The Morgan fingerprint density at radius 2 is 2.33 bits per heavy atom. The zero-order valence-corrected chi connectivity index (χ0v) is 6.66. The van der Waals surface area contributed by atoms with Gasteiger partial charge in [-0.05, 0) is 18.6 Å². The van der Waals surface area contributed by atoms with Gasteiger partial charge in [0.2, 0.25) is 0 Å². The van der Waals surface area contributed by atoms with Crippen molar-refractivity contribution in [1.82, 2.24) is 4.98 Å². The maximum absolute atomic E-state index is 10.4. The standard InChI is InChI=1S/C7H10N4O/c1-4-2-5(8)6(10-3-4)11-7(9)12/h2-3H,8H2,1H3,(H3,9,10,11,12). The van der Waals surface area contributed by atoms with Crippen LogP contribution in [0.25, 0.3) is 0 Å². The summed E-state index contributed by atoms with van der Waals surface area (Å²) in [5.74, 6) is 0.299. The van der Waals surface area contributed by atoms with Crippen molar-refractivity contribution < 1.29 is 4.79 Å². The van der Waals surface area contributed by atoms with Crippen LogP contribution in [0.4, 0.5) is 16.3 Å². The van der Waals surface area contributed by atoms with E-state index >= 15 is 0 Å². The van der Waals surface area contributed by atoms with E-state index in [-0.39, 0.29) is 0 Å². The van der Waals surface area contributed by atoms with Crippen LogP contribution in [0.15, 0.2) is 12.3 Å². The monoisotopic (exact) mass is 166 g/mol. The number of aromatic nitrogens is 1. The summed E-state index contributed by atoms with van der Waals surface area (Å²) in [7, 11) is 0. The molecule has 1 aromatic heterocycles. The smallest absolute Gasteiger partial charge is 0.317 e. The van der Waals surface area contributed by atoms with E-state index in [0.29, 0.717) is 11.5 Å². The molecule has 0 bridgehead atoms. The molecule has 0 aliphatic heterocycles. The fourth-order valence-corrected chi connectivity index (χ4v) is 0.813. The predicted octanol–water partition coefficient (Wildman–Crippen LogP) is 0.463. The molecule has 0 radical (unpaired) electrons. The summed E-state index contributed by atoms with van der Waals surface area (Å²) in [6, 6.07) is 1.04. The number of carbonyl (C=O) groups is 1. The van der Waals surface area contributed by atoms with E-state index in [2.05, 4.69) is 10.3 Å². The molecule has 0 fully saturated rings. The van der Waals surface area contributed by atoms with E-state index in [9.17, 15) is 4.79 Å². The number of hydrogen-bond donors (Lipinski definition) is 3. The van der Waals surface area contributed by atoms with Crippen LogP contribution in [0.2, 0.25) is 0 Å². The number of nitrogens with zero attached hydrogens (tertiary/aromatic N) is 1. The number of nitrogens with one attached hydrogen (secondary N) is 1. The van der Waals surface area contributed by atoms with Crippen molar-refractivity contribution in [2.24, 2.45) is 5.73 Å². The number of carbonyl (C=O) groups excluding carboxylic acids is 1. The molecule has 12 heavy (non-hydrogen) atoms. The highest BCUT2D eigenvalue weighted by molar-refractivity contribution is 5.89. The van der Waals surface area contributed by atoms with Crippen LogP contribution >= 0.6 is 0 Å². The lowest BCUT2D eigenvalue weighted by Gasteiger charge is -2.04. The minimum Gasteiger partial charge on any atom is -0.396 e. The Morgan fingerprint density at radius 1 is 1.67 bits per heavy atom. The first-order valence-electron chi connectivity index (χ1n) is 3.38. The van der Waals surface area contributed by atoms with E-state index in [1.807, 2.05) is 6.92 Å². The van der Waals surface area contributed by atoms with E-state index < -0.39 is 6.03 Å². The molecule has 5 nitrogen and oxygen atoms in total. The number of nitrogens with two attached hydrogens (primary N) is 2. The van der Waals surface area contributed by atoms with Gasteiger partial charge in [-0.3, -0.25) is 5.32 Å². The van der Waals surface area contributed by atoms with Crippen molar-refractivity contribution in [2.45, 2.75) is 6.92 Å². The molecule has 5 N–H and O–H groups in total. The van der Waals surface area contributed by atoms with Crippen molar-refractivity contribution in [3.8, 4) is 0 Å². The Bertz CT molecular complexity index is 310. The Balaban J connectivity index is 2.93. The second-order valence-corrected chi connectivity index (χ2v) is 2.44. The summed E-state index contributed by atoms with van der Waals surface area (Å²) < 4.78 is 0. The van der Waals surface area contributed by atoms with Gasteiger partial charge in [0.15, 0.2) is 5.82 Å².